The number of carbonyl (C=O) groups is 1. The second-order valence-corrected chi connectivity index (χ2v) is 7.68. The summed E-state index contributed by atoms with van der Waals surface area (Å²) in [6.07, 6.45) is 3.18. The van der Waals surface area contributed by atoms with Gasteiger partial charge in [-0.1, -0.05) is 50.2 Å². The maximum Gasteiger partial charge on any atom is 0.335 e. The van der Waals surface area contributed by atoms with Crippen molar-refractivity contribution >= 4 is 5.97 Å². The minimum Gasteiger partial charge on any atom is -0.478 e. The lowest BCUT2D eigenvalue weighted by molar-refractivity contribution is 0.0697. The van der Waals surface area contributed by atoms with E-state index >= 15 is 0 Å². The third kappa shape index (κ3) is 3.73. The lowest BCUT2D eigenvalue weighted by atomic mass is 9.92. The maximum absolute atomic E-state index is 11.5. The predicted molar refractivity (Wildman–Crippen MR) is 117 cm³/mol. The van der Waals surface area contributed by atoms with E-state index in [1.807, 2.05) is 18.2 Å². The zero-order valence-corrected chi connectivity index (χ0v) is 17.1. The Balaban J connectivity index is 1.84. The molecular weight excluding hydrogens is 360 g/mol. The Bertz CT molecular complexity index is 1000. The molecule has 3 aromatic rings. The largest absolute Gasteiger partial charge is 0.478 e. The summed E-state index contributed by atoms with van der Waals surface area (Å²) in [5.74, 6) is -0.893. The summed E-state index contributed by atoms with van der Waals surface area (Å²) < 4.78 is 2.27. The highest BCUT2D eigenvalue weighted by atomic mass is 16.4. The van der Waals surface area contributed by atoms with Gasteiger partial charge in [-0.3, -0.25) is 0 Å². The highest BCUT2D eigenvalue weighted by Crippen LogP contribution is 2.35. The van der Waals surface area contributed by atoms with Crippen molar-refractivity contribution in [2.75, 3.05) is 13.1 Å². The lowest BCUT2D eigenvalue weighted by Crippen LogP contribution is -2.39. The van der Waals surface area contributed by atoms with Gasteiger partial charge in [0.25, 0.3) is 0 Å². The van der Waals surface area contributed by atoms with Crippen molar-refractivity contribution in [1.82, 2.24) is 9.47 Å². The van der Waals surface area contributed by atoms with Gasteiger partial charge in [0.2, 0.25) is 0 Å². The number of rotatable bonds is 6. The molecule has 0 spiro atoms. The number of fused-ring (bicyclic) bond motifs is 1. The van der Waals surface area contributed by atoms with Crippen molar-refractivity contribution in [2.45, 2.75) is 39.2 Å². The van der Waals surface area contributed by atoms with Gasteiger partial charge in [-0.2, -0.15) is 0 Å². The lowest BCUT2D eigenvalue weighted by Gasteiger charge is -2.33. The number of benzene rings is 2. The smallest absolute Gasteiger partial charge is 0.335 e. The highest BCUT2D eigenvalue weighted by Gasteiger charge is 2.27. The van der Waals surface area contributed by atoms with Crippen LogP contribution in [-0.4, -0.2) is 39.7 Å². The van der Waals surface area contributed by atoms with Crippen LogP contribution in [0.15, 0.2) is 60.7 Å². The fourth-order valence-electron chi connectivity index (χ4n) is 4.66. The minimum atomic E-state index is -0.893. The Morgan fingerprint density at radius 2 is 1.83 bits per heavy atom. The first-order valence-corrected chi connectivity index (χ1v) is 10.5. The van der Waals surface area contributed by atoms with Crippen LogP contribution in [0.25, 0.3) is 16.9 Å². The molecule has 1 aliphatic carbocycles. The average Bonchev–Trinajstić information content (AvgIpc) is 3.14. The average molecular weight is 389 g/mol. The molecule has 1 N–H and O–H groups in total. The van der Waals surface area contributed by atoms with E-state index in [0.717, 1.165) is 49.3 Å². The van der Waals surface area contributed by atoms with Gasteiger partial charge in [-0.05, 0) is 67.7 Å². The molecule has 0 radical (unpaired) electrons. The topological polar surface area (TPSA) is 45.5 Å². The predicted octanol–water partition coefficient (Wildman–Crippen LogP) is 5.04. The molecular formula is C25H28N2O2. The van der Waals surface area contributed by atoms with Crippen LogP contribution < -0.4 is 0 Å². The molecule has 1 aromatic heterocycles. The van der Waals surface area contributed by atoms with E-state index in [-0.39, 0.29) is 0 Å². The summed E-state index contributed by atoms with van der Waals surface area (Å²) in [4.78, 5) is 14.1. The molecule has 1 unspecified atom stereocenters. The molecule has 2 aromatic carbocycles. The molecule has 1 atom stereocenters. The highest BCUT2D eigenvalue weighted by molar-refractivity contribution is 5.88. The zero-order chi connectivity index (χ0) is 20.4. The number of aromatic nitrogens is 1. The van der Waals surface area contributed by atoms with Crippen molar-refractivity contribution in [3.05, 3.63) is 77.5 Å². The molecule has 4 heteroatoms. The molecule has 0 saturated heterocycles. The minimum absolute atomic E-state index is 0.320. The summed E-state index contributed by atoms with van der Waals surface area (Å²) in [5, 5.41) is 9.47. The molecule has 4 nitrogen and oxygen atoms in total. The summed E-state index contributed by atoms with van der Waals surface area (Å²) >= 11 is 0. The molecule has 0 saturated carbocycles. The van der Waals surface area contributed by atoms with Crippen LogP contribution in [0, 0.1) is 0 Å². The number of carboxylic acid groups (broad SMARTS) is 1. The van der Waals surface area contributed by atoms with Crippen LogP contribution >= 0.6 is 0 Å². The van der Waals surface area contributed by atoms with E-state index in [1.165, 1.54) is 11.3 Å². The Morgan fingerprint density at radius 3 is 2.52 bits per heavy atom. The first-order valence-electron chi connectivity index (χ1n) is 10.5. The van der Waals surface area contributed by atoms with E-state index in [2.05, 4.69) is 53.6 Å². The van der Waals surface area contributed by atoms with Crippen LogP contribution in [-0.2, 0) is 12.8 Å². The van der Waals surface area contributed by atoms with E-state index in [4.69, 9.17) is 0 Å². The molecule has 150 valence electrons. The molecule has 29 heavy (non-hydrogen) atoms. The third-order valence-corrected chi connectivity index (χ3v) is 6.11. The van der Waals surface area contributed by atoms with Crippen molar-refractivity contribution in [2.24, 2.45) is 0 Å². The fourth-order valence-corrected chi connectivity index (χ4v) is 4.66. The van der Waals surface area contributed by atoms with Gasteiger partial charge in [0.05, 0.1) is 11.3 Å². The van der Waals surface area contributed by atoms with Gasteiger partial charge >= 0.3 is 5.97 Å². The second kappa shape index (κ2) is 8.26. The Labute approximate surface area is 172 Å². The monoisotopic (exact) mass is 388 g/mol. The van der Waals surface area contributed by atoms with Crippen molar-refractivity contribution < 1.29 is 9.90 Å². The second-order valence-electron chi connectivity index (χ2n) is 7.68. The van der Waals surface area contributed by atoms with Gasteiger partial charge in [-0.25, -0.2) is 4.79 Å². The van der Waals surface area contributed by atoms with Gasteiger partial charge in [0, 0.05) is 17.4 Å². The SMILES string of the molecule is CCN(CC)C1CCc2c(cc(-c3ccccc3)n2-c2cccc(C(=O)O)c2)C1. The Kier molecular flexibility index (Phi) is 5.54. The van der Waals surface area contributed by atoms with Crippen molar-refractivity contribution in [1.29, 1.82) is 0 Å². The molecule has 0 aliphatic heterocycles. The molecule has 0 bridgehead atoms. The van der Waals surface area contributed by atoms with Crippen LogP contribution in [0.3, 0.4) is 0 Å². The van der Waals surface area contributed by atoms with Gasteiger partial charge in [0.15, 0.2) is 0 Å². The summed E-state index contributed by atoms with van der Waals surface area (Å²) in [6, 6.07) is 20.5. The van der Waals surface area contributed by atoms with Crippen molar-refractivity contribution in [3.63, 3.8) is 0 Å². The molecule has 0 fully saturated rings. The van der Waals surface area contributed by atoms with Crippen LogP contribution in [0.1, 0.15) is 41.9 Å². The third-order valence-electron chi connectivity index (χ3n) is 6.11. The summed E-state index contributed by atoms with van der Waals surface area (Å²) in [5.41, 5.74) is 6.23. The van der Waals surface area contributed by atoms with E-state index in [9.17, 15) is 9.90 Å². The van der Waals surface area contributed by atoms with E-state index in [1.54, 1.807) is 12.1 Å². The summed E-state index contributed by atoms with van der Waals surface area (Å²) in [6.45, 7) is 6.61. The first-order chi connectivity index (χ1) is 14.1. The van der Waals surface area contributed by atoms with E-state index in [0.29, 0.717) is 11.6 Å². The van der Waals surface area contributed by atoms with Gasteiger partial charge < -0.3 is 14.6 Å². The number of carboxylic acids is 1. The van der Waals surface area contributed by atoms with Crippen LogP contribution in [0.2, 0.25) is 0 Å². The van der Waals surface area contributed by atoms with Crippen LogP contribution in [0.5, 0.6) is 0 Å². The molecule has 1 aliphatic rings. The number of hydrogen-bond donors (Lipinski definition) is 1. The summed E-state index contributed by atoms with van der Waals surface area (Å²) in [7, 11) is 0. The molecule has 4 rings (SSSR count). The number of nitrogens with zero attached hydrogens (tertiary/aromatic N) is 2. The van der Waals surface area contributed by atoms with Gasteiger partial charge in [-0.15, -0.1) is 0 Å². The Morgan fingerprint density at radius 1 is 1.07 bits per heavy atom. The van der Waals surface area contributed by atoms with Gasteiger partial charge in [0.1, 0.15) is 0 Å². The quantitative estimate of drug-likeness (QED) is 0.643. The van der Waals surface area contributed by atoms with E-state index < -0.39 is 5.97 Å². The number of aromatic carboxylic acids is 1. The normalized spacial score (nSPS) is 16.0. The maximum atomic E-state index is 11.5. The fraction of sp³-hybridized carbons (Fsp3) is 0.320. The first kappa shape index (κ1) is 19.5. The molecule has 1 heterocycles. The van der Waals surface area contributed by atoms with Crippen molar-refractivity contribution in [3.8, 4) is 16.9 Å². The molecule has 0 amide bonds. The standard InChI is InChI=1S/C25H28N2O2/c1-3-26(4-2)21-13-14-23-20(16-21)17-24(18-9-6-5-7-10-18)27(23)22-12-8-11-19(15-22)25(28)29/h5-12,15,17,21H,3-4,13-14,16H2,1-2H3,(H,28,29). The Hall–Kier alpha value is -2.85. The number of hydrogen-bond acceptors (Lipinski definition) is 2. The van der Waals surface area contributed by atoms with Crippen LogP contribution in [0.4, 0.5) is 0 Å². The number of likely N-dealkylation sites (N-methyl/N-ethyl adjacent to an activating group) is 1. The zero-order valence-electron chi connectivity index (χ0n) is 17.1.